The van der Waals surface area contributed by atoms with Crippen LogP contribution in [-0.2, 0) is 6.42 Å². The van der Waals surface area contributed by atoms with Crippen molar-refractivity contribution in [3.05, 3.63) is 59.8 Å². The van der Waals surface area contributed by atoms with Crippen LogP contribution in [0.15, 0.2) is 48.7 Å². The third-order valence-corrected chi connectivity index (χ3v) is 4.69. The van der Waals surface area contributed by atoms with E-state index in [9.17, 15) is 4.79 Å². The van der Waals surface area contributed by atoms with Gasteiger partial charge in [-0.25, -0.2) is 4.98 Å². The Kier molecular flexibility index (Phi) is 6.01. The second kappa shape index (κ2) is 8.62. The van der Waals surface area contributed by atoms with Gasteiger partial charge in [0, 0.05) is 31.9 Å². The van der Waals surface area contributed by atoms with Crippen LogP contribution in [0.1, 0.15) is 22.3 Å². The first-order valence-corrected chi connectivity index (χ1v) is 8.79. The van der Waals surface area contributed by atoms with Crippen LogP contribution in [-0.4, -0.2) is 49.1 Å². The maximum atomic E-state index is 12.2. The van der Waals surface area contributed by atoms with Crippen LogP contribution >= 0.6 is 0 Å². The smallest absolute Gasteiger partial charge is 0.252 e. The highest BCUT2D eigenvalue weighted by Crippen LogP contribution is 2.16. The number of nitrogens with one attached hydrogen (secondary N) is 1. The molecule has 1 N–H and O–H groups in total. The van der Waals surface area contributed by atoms with E-state index in [0.717, 1.165) is 32.5 Å². The molecular formula is C20H25N3O2. The van der Waals surface area contributed by atoms with Gasteiger partial charge >= 0.3 is 0 Å². The van der Waals surface area contributed by atoms with Crippen LogP contribution in [0.4, 0.5) is 0 Å². The number of methoxy groups -OCH3 is 1. The Labute approximate surface area is 149 Å². The van der Waals surface area contributed by atoms with Gasteiger partial charge in [0.25, 0.3) is 5.91 Å². The molecule has 3 rings (SSSR count). The average molecular weight is 339 g/mol. The largest absolute Gasteiger partial charge is 0.481 e. The van der Waals surface area contributed by atoms with E-state index >= 15 is 0 Å². The quantitative estimate of drug-likeness (QED) is 0.841. The minimum absolute atomic E-state index is 0.0714. The molecule has 5 heteroatoms. The molecule has 0 spiro atoms. The van der Waals surface area contributed by atoms with Crippen molar-refractivity contribution >= 4 is 5.91 Å². The van der Waals surface area contributed by atoms with Gasteiger partial charge in [0.15, 0.2) is 0 Å². The van der Waals surface area contributed by atoms with Crippen molar-refractivity contribution in [1.82, 2.24) is 15.2 Å². The number of benzene rings is 1. The summed E-state index contributed by atoms with van der Waals surface area (Å²) in [6.07, 6.45) is 3.77. The van der Waals surface area contributed by atoms with E-state index in [-0.39, 0.29) is 5.91 Å². The number of amides is 1. The standard InChI is InChI=1S/C20H25N3O2/c1-25-19-8-7-18(14-21-19)20(24)22-13-17-10-12-23(15-17)11-9-16-5-3-2-4-6-16/h2-8,14,17H,9-13,15H2,1H3,(H,22,24)/t17-/m1/s1. The van der Waals surface area contributed by atoms with Crippen LogP contribution in [0.3, 0.4) is 0 Å². The van der Waals surface area contributed by atoms with E-state index in [0.29, 0.717) is 23.9 Å². The topological polar surface area (TPSA) is 54.5 Å². The Bertz CT molecular complexity index is 673. The predicted octanol–water partition coefficient (Wildman–Crippen LogP) is 2.38. The molecule has 2 aromatic rings. The zero-order valence-corrected chi connectivity index (χ0v) is 14.6. The number of carbonyl (C=O) groups is 1. The molecule has 1 fully saturated rings. The van der Waals surface area contributed by atoms with Gasteiger partial charge in [0.1, 0.15) is 0 Å². The van der Waals surface area contributed by atoms with Crippen molar-refractivity contribution in [2.24, 2.45) is 5.92 Å². The monoisotopic (exact) mass is 339 g/mol. The molecule has 0 aliphatic carbocycles. The number of carbonyl (C=O) groups excluding carboxylic acids is 1. The van der Waals surface area contributed by atoms with E-state index in [4.69, 9.17) is 4.74 Å². The highest BCUT2D eigenvalue weighted by atomic mass is 16.5. The third-order valence-electron chi connectivity index (χ3n) is 4.69. The molecule has 25 heavy (non-hydrogen) atoms. The molecule has 0 bridgehead atoms. The summed E-state index contributed by atoms with van der Waals surface area (Å²) in [5, 5.41) is 3.03. The van der Waals surface area contributed by atoms with Gasteiger partial charge in [-0.3, -0.25) is 4.79 Å². The van der Waals surface area contributed by atoms with Crippen LogP contribution in [0.5, 0.6) is 5.88 Å². The Hall–Kier alpha value is -2.40. The summed E-state index contributed by atoms with van der Waals surface area (Å²) in [5.41, 5.74) is 1.95. The first-order chi connectivity index (χ1) is 12.2. The van der Waals surface area contributed by atoms with Crippen LogP contribution in [0.25, 0.3) is 0 Å². The van der Waals surface area contributed by atoms with Gasteiger partial charge in [0.2, 0.25) is 5.88 Å². The molecule has 1 amide bonds. The number of rotatable bonds is 7. The fourth-order valence-electron chi connectivity index (χ4n) is 3.19. The highest BCUT2D eigenvalue weighted by Gasteiger charge is 2.22. The van der Waals surface area contributed by atoms with Crippen molar-refractivity contribution < 1.29 is 9.53 Å². The number of pyridine rings is 1. The van der Waals surface area contributed by atoms with Gasteiger partial charge in [-0.2, -0.15) is 0 Å². The van der Waals surface area contributed by atoms with E-state index in [1.807, 2.05) is 0 Å². The molecule has 0 saturated carbocycles. The van der Waals surface area contributed by atoms with E-state index in [1.54, 1.807) is 25.4 Å². The number of hydrogen-bond donors (Lipinski definition) is 1. The molecular weight excluding hydrogens is 314 g/mol. The van der Waals surface area contributed by atoms with Crippen LogP contribution in [0.2, 0.25) is 0 Å². The van der Waals surface area contributed by atoms with Crippen molar-refractivity contribution in [3.63, 3.8) is 0 Å². The van der Waals surface area contributed by atoms with Gasteiger partial charge < -0.3 is 15.0 Å². The summed E-state index contributed by atoms with van der Waals surface area (Å²) >= 11 is 0. The molecule has 1 saturated heterocycles. The van der Waals surface area contributed by atoms with Crippen molar-refractivity contribution in [1.29, 1.82) is 0 Å². The Morgan fingerprint density at radius 3 is 2.84 bits per heavy atom. The minimum Gasteiger partial charge on any atom is -0.481 e. The maximum absolute atomic E-state index is 12.2. The number of hydrogen-bond acceptors (Lipinski definition) is 4. The summed E-state index contributed by atoms with van der Waals surface area (Å²) in [6, 6.07) is 14.0. The second-order valence-electron chi connectivity index (χ2n) is 6.49. The summed E-state index contributed by atoms with van der Waals surface area (Å²) in [6.45, 7) is 3.95. The Morgan fingerprint density at radius 2 is 2.12 bits per heavy atom. The molecule has 1 atom stereocenters. The summed E-state index contributed by atoms with van der Waals surface area (Å²) in [5.74, 6) is 0.963. The zero-order valence-electron chi connectivity index (χ0n) is 14.6. The van der Waals surface area contributed by atoms with E-state index in [1.165, 1.54) is 5.56 Å². The summed E-state index contributed by atoms with van der Waals surface area (Å²) in [7, 11) is 1.56. The number of aromatic nitrogens is 1. The van der Waals surface area contributed by atoms with E-state index < -0.39 is 0 Å². The summed E-state index contributed by atoms with van der Waals surface area (Å²) < 4.78 is 5.01. The predicted molar refractivity (Wildman–Crippen MR) is 97.8 cm³/mol. The lowest BCUT2D eigenvalue weighted by Gasteiger charge is -2.16. The second-order valence-corrected chi connectivity index (χ2v) is 6.49. The van der Waals surface area contributed by atoms with Gasteiger partial charge in [0.05, 0.1) is 12.7 Å². The number of ether oxygens (including phenoxy) is 1. The summed E-state index contributed by atoms with van der Waals surface area (Å²) in [4.78, 5) is 18.7. The molecule has 0 unspecified atom stereocenters. The molecule has 1 aliphatic heterocycles. The van der Waals surface area contributed by atoms with Gasteiger partial charge in [-0.15, -0.1) is 0 Å². The Morgan fingerprint density at radius 1 is 1.28 bits per heavy atom. The lowest BCUT2D eigenvalue weighted by molar-refractivity contribution is 0.0947. The normalized spacial score (nSPS) is 17.4. The maximum Gasteiger partial charge on any atom is 0.252 e. The first kappa shape index (κ1) is 17.4. The first-order valence-electron chi connectivity index (χ1n) is 8.79. The molecule has 1 aromatic heterocycles. The minimum atomic E-state index is -0.0714. The highest BCUT2D eigenvalue weighted by molar-refractivity contribution is 5.93. The molecule has 5 nitrogen and oxygen atoms in total. The fraction of sp³-hybridized carbons (Fsp3) is 0.400. The van der Waals surface area contributed by atoms with Crippen molar-refractivity contribution in [2.75, 3.05) is 33.3 Å². The SMILES string of the molecule is COc1ccc(C(=O)NC[C@H]2CCN(CCc3ccccc3)C2)cn1. The lowest BCUT2D eigenvalue weighted by Crippen LogP contribution is -2.31. The van der Waals surface area contributed by atoms with Crippen LogP contribution in [0, 0.1) is 5.92 Å². The Balaban J connectivity index is 1.39. The van der Waals surface area contributed by atoms with Gasteiger partial charge in [-0.1, -0.05) is 30.3 Å². The van der Waals surface area contributed by atoms with Crippen molar-refractivity contribution in [2.45, 2.75) is 12.8 Å². The van der Waals surface area contributed by atoms with E-state index in [2.05, 4.69) is 45.5 Å². The third kappa shape index (κ3) is 5.03. The van der Waals surface area contributed by atoms with Crippen molar-refractivity contribution in [3.8, 4) is 5.88 Å². The number of likely N-dealkylation sites (tertiary alicyclic amines) is 1. The molecule has 132 valence electrons. The van der Waals surface area contributed by atoms with Gasteiger partial charge in [-0.05, 0) is 36.9 Å². The van der Waals surface area contributed by atoms with Crippen LogP contribution < -0.4 is 10.1 Å². The average Bonchev–Trinajstić information content (AvgIpc) is 3.13. The molecule has 0 radical (unpaired) electrons. The lowest BCUT2D eigenvalue weighted by atomic mass is 10.1. The number of nitrogens with zero attached hydrogens (tertiary/aromatic N) is 2. The molecule has 1 aliphatic rings. The molecule has 2 heterocycles. The zero-order chi connectivity index (χ0) is 17.5. The fourth-order valence-corrected chi connectivity index (χ4v) is 3.19. The molecule has 1 aromatic carbocycles.